The van der Waals surface area contributed by atoms with Crippen molar-refractivity contribution in [3.8, 4) is 0 Å². The molecule has 1 amide bonds. The highest BCUT2D eigenvalue weighted by atomic mass is 32.2. The Bertz CT molecular complexity index is 323. The van der Waals surface area contributed by atoms with Crippen LogP contribution in [0.15, 0.2) is 11.5 Å². The molecule has 0 aromatic heterocycles. The molecule has 0 radical (unpaired) electrons. The third-order valence-corrected chi connectivity index (χ3v) is 2.46. The molecule has 0 saturated heterocycles. The molecule has 13 heavy (non-hydrogen) atoms. The standard InChI is InChI=1S/C7H13NO4S/c1-5(6(8)9)13(10,11)12-7(2,3)4/h1H2,2-4H3,(H2,8,9). The van der Waals surface area contributed by atoms with E-state index in [1.54, 1.807) is 20.8 Å². The second kappa shape index (κ2) is 3.47. The van der Waals surface area contributed by atoms with Crippen molar-refractivity contribution >= 4 is 16.0 Å². The van der Waals surface area contributed by atoms with Crippen molar-refractivity contribution in [3.05, 3.63) is 11.5 Å². The molecule has 2 N–H and O–H groups in total. The third-order valence-electron chi connectivity index (χ3n) is 0.936. The minimum absolute atomic E-state index is 0.734. The van der Waals surface area contributed by atoms with E-state index in [2.05, 4.69) is 10.8 Å². The van der Waals surface area contributed by atoms with E-state index in [0.29, 0.717) is 0 Å². The van der Waals surface area contributed by atoms with Gasteiger partial charge in [-0.15, -0.1) is 0 Å². The van der Waals surface area contributed by atoms with Crippen molar-refractivity contribution in [2.24, 2.45) is 5.73 Å². The molecule has 0 unspecified atom stereocenters. The highest BCUT2D eigenvalue weighted by Crippen LogP contribution is 2.16. The molecule has 0 atom stereocenters. The van der Waals surface area contributed by atoms with E-state index in [0.717, 1.165) is 0 Å². The summed E-state index contributed by atoms with van der Waals surface area (Å²) in [7, 11) is -4.09. The molecule has 0 bridgehead atoms. The van der Waals surface area contributed by atoms with Crippen LogP contribution >= 0.6 is 0 Å². The highest BCUT2D eigenvalue weighted by molar-refractivity contribution is 7.91. The molecule has 6 heteroatoms. The zero-order valence-corrected chi connectivity index (χ0v) is 8.64. The van der Waals surface area contributed by atoms with Gasteiger partial charge >= 0.3 is 10.1 Å². The molecular weight excluding hydrogens is 194 g/mol. The molecule has 0 aliphatic heterocycles. The molecule has 0 aliphatic rings. The van der Waals surface area contributed by atoms with Crippen LogP contribution in [0, 0.1) is 0 Å². The van der Waals surface area contributed by atoms with Gasteiger partial charge in [-0.3, -0.25) is 8.98 Å². The minimum Gasteiger partial charge on any atom is -0.365 e. The van der Waals surface area contributed by atoms with Gasteiger partial charge in [0.1, 0.15) is 0 Å². The summed E-state index contributed by atoms with van der Waals surface area (Å²) in [4.78, 5) is 9.76. The van der Waals surface area contributed by atoms with Gasteiger partial charge < -0.3 is 5.73 Å². The van der Waals surface area contributed by atoms with E-state index in [-0.39, 0.29) is 0 Å². The number of rotatable bonds is 3. The quantitative estimate of drug-likeness (QED) is 0.526. The van der Waals surface area contributed by atoms with Crippen molar-refractivity contribution in [1.29, 1.82) is 0 Å². The zero-order valence-electron chi connectivity index (χ0n) is 7.83. The van der Waals surface area contributed by atoms with Crippen molar-refractivity contribution in [3.63, 3.8) is 0 Å². The first-order valence-corrected chi connectivity index (χ1v) is 4.91. The Morgan fingerprint density at radius 3 is 2.00 bits per heavy atom. The van der Waals surface area contributed by atoms with Gasteiger partial charge in [-0.25, -0.2) is 0 Å². The summed E-state index contributed by atoms with van der Waals surface area (Å²) in [6, 6.07) is 0. The summed E-state index contributed by atoms with van der Waals surface area (Å²) >= 11 is 0. The molecule has 5 nitrogen and oxygen atoms in total. The van der Waals surface area contributed by atoms with Crippen LogP contribution < -0.4 is 5.73 Å². The van der Waals surface area contributed by atoms with Crippen LogP contribution in [-0.2, 0) is 19.1 Å². The second-order valence-corrected chi connectivity index (χ2v) is 5.00. The van der Waals surface area contributed by atoms with Gasteiger partial charge in [-0.1, -0.05) is 6.58 Å². The smallest absolute Gasteiger partial charge is 0.302 e. The van der Waals surface area contributed by atoms with E-state index in [1.165, 1.54) is 0 Å². The number of nitrogens with two attached hydrogens (primary N) is 1. The summed E-state index contributed by atoms with van der Waals surface area (Å²) < 4.78 is 27.0. The molecule has 76 valence electrons. The molecule has 0 aromatic carbocycles. The lowest BCUT2D eigenvalue weighted by Crippen LogP contribution is -2.29. The molecule has 0 saturated carbocycles. The van der Waals surface area contributed by atoms with E-state index >= 15 is 0 Å². The first kappa shape index (κ1) is 12.1. The first-order chi connectivity index (χ1) is 5.56. The lowest BCUT2D eigenvalue weighted by molar-refractivity contribution is -0.114. The fourth-order valence-corrected chi connectivity index (χ4v) is 1.51. The summed E-state index contributed by atoms with van der Waals surface area (Å²) in [5.41, 5.74) is 3.84. The number of amides is 1. The molecule has 0 spiro atoms. The van der Waals surface area contributed by atoms with Crippen molar-refractivity contribution in [1.82, 2.24) is 0 Å². The van der Waals surface area contributed by atoms with Crippen molar-refractivity contribution < 1.29 is 17.4 Å². The summed E-state index contributed by atoms with van der Waals surface area (Å²) in [6.45, 7) is 7.64. The number of hydrogen-bond acceptors (Lipinski definition) is 4. The lowest BCUT2D eigenvalue weighted by Gasteiger charge is -2.18. The van der Waals surface area contributed by atoms with E-state index in [4.69, 9.17) is 5.73 Å². The predicted octanol–water partition coefficient (Wildman–Crippen LogP) is 0.130. The molecular formula is C7H13NO4S. The summed E-state index contributed by atoms with van der Waals surface area (Å²) in [5, 5.41) is 0. The molecule has 0 fully saturated rings. The van der Waals surface area contributed by atoms with Gasteiger partial charge in [0.2, 0.25) is 0 Å². The fourth-order valence-electron chi connectivity index (χ4n) is 0.503. The fraction of sp³-hybridized carbons (Fsp3) is 0.571. The van der Waals surface area contributed by atoms with Gasteiger partial charge in [0.25, 0.3) is 5.91 Å². The van der Waals surface area contributed by atoms with E-state index < -0.39 is 26.5 Å². The predicted molar refractivity (Wildman–Crippen MR) is 48.1 cm³/mol. The Labute approximate surface area is 77.7 Å². The van der Waals surface area contributed by atoms with Crippen molar-refractivity contribution in [2.75, 3.05) is 0 Å². The second-order valence-electron chi connectivity index (χ2n) is 3.44. The largest absolute Gasteiger partial charge is 0.365 e. The number of carbonyl (C=O) groups excluding carboxylic acids is 1. The lowest BCUT2D eigenvalue weighted by atomic mass is 10.2. The number of primary amides is 1. The Morgan fingerprint density at radius 2 is 1.77 bits per heavy atom. The minimum atomic E-state index is -4.09. The maximum absolute atomic E-state index is 11.2. The SMILES string of the molecule is C=C(C(N)=O)S(=O)(=O)OC(C)(C)C. The van der Waals surface area contributed by atoms with Crippen LogP contribution in [0.25, 0.3) is 0 Å². The number of hydrogen-bond donors (Lipinski definition) is 1. The van der Waals surface area contributed by atoms with Crippen molar-refractivity contribution in [2.45, 2.75) is 26.4 Å². The van der Waals surface area contributed by atoms with Crippen LogP contribution in [0.3, 0.4) is 0 Å². The Hall–Kier alpha value is -0.880. The van der Waals surface area contributed by atoms with Crippen LogP contribution in [0.4, 0.5) is 0 Å². The third kappa shape index (κ3) is 4.05. The highest BCUT2D eigenvalue weighted by Gasteiger charge is 2.27. The van der Waals surface area contributed by atoms with Gasteiger partial charge in [0, 0.05) is 0 Å². The number of carbonyl (C=O) groups is 1. The average molecular weight is 207 g/mol. The van der Waals surface area contributed by atoms with Crippen LogP contribution in [0.2, 0.25) is 0 Å². The van der Waals surface area contributed by atoms with E-state index in [1.807, 2.05) is 0 Å². The van der Waals surface area contributed by atoms with Crippen LogP contribution in [0.5, 0.6) is 0 Å². The van der Waals surface area contributed by atoms with E-state index in [9.17, 15) is 13.2 Å². The van der Waals surface area contributed by atoms with Gasteiger partial charge in [0.15, 0.2) is 4.91 Å². The van der Waals surface area contributed by atoms with Gasteiger partial charge in [-0.05, 0) is 20.8 Å². The molecule has 0 aromatic rings. The Kier molecular flexibility index (Phi) is 3.23. The average Bonchev–Trinajstić information content (AvgIpc) is 1.80. The Morgan fingerprint density at radius 1 is 1.38 bits per heavy atom. The molecule has 0 heterocycles. The monoisotopic (exact) mass is 207 g/mol. The van der Waals surface area contributed by atoms with Gasteiger partial charge in [0.05, 0.1) is 5.60 Å². The van der Waals surface area contributed by atoms with Crippen LogP contribution in [-0.4, -0.2) is 19.9 Å². The topological polar surface area (TPSA) is 86.5 Å². The van der Waals surface area contributed by atoms with Crippen LogP contribution in [0.1, 0.15) is 20.8 Å². The first-order valence-electron chi connectivity index (χ1n) is 3.50. The molecule has 0 aliphatic carbocycles. The normalized spacial score (nSPS) is 12.5. The summed E-state index contributed by atoms with van der Waals surface area (Å²) in [5.74, 6) is -1.11. The maximum atomic E-state index is 11.2. The maximum Gasteiger partial charge on any atom is 0.302 e. The van der Waals surface area contributed by atoms with Gasteiger partial charge in [-0.2, -0.15) is 8.42 Å². The molecule has 0 rings (SSSR count). The summed E-state index contributed by atoms with van der Waals surface area (Å²) in [6.07, 6.45) is 0. The Balaban J connectivity index is 4.82. The zero-order chi connectivity index (χ0) is 10.9.